The monoisotopic (exact) mass is 316 g/mol. The van der Waals surface area contributed by atoms with Crippen molar-refractivity contribution in [3.05, 3.63) is 62.3 Å². The highest BCUT2D eigenvalue weighted by molar-refractivity contribution is 6.30. The first-order chi connectivity index (χ1) is 10.4. The van der Waals surface area contributed by atoms with Crippen molar-refractivity contribution < 1.29 is 4.39 Å². The molecule has 0 aliphatic heterocycles. The van der Waals surface area contributed by atoms with Crippen molar-refractivity contribution in [2.75, 3.05) is 0 Å². The molecule has 112 valence electrons. The van der Waals surface area contributed by atoms with E-state index in [-0.39, 0.29) is 5.56 Å². The Labute approximate surface area is 131 Å². The Kier molecular flexibility index (Phi) is 3.49. The van der Waals surface area contributed by atoms with E-state index in [1.807, 2.05) is 26.8 Å². The standard InChI is InChI=1S/C17H14ClFN2O/c1-8-6-13-15(10(3)9(8)2)20-17(22)21-16(13)12-7-11(18)4-5-14(12)19/h4-7H,1-3H3,(H,20,21,22). The summed E-state index contributed by atoms with van der Waals surface area (Å²) < 4.78 is 14.2. The zero-order valence-electron chi connectivity index (χ0n) is 12.4. The van der Waals surface area contributed by atoms with Crippen LogP contribution in [0.5, 0.6) is 0 Å². The molecule has 0 bridgehead atoms. The fourth-order valence-electron chi connectivity index (χ4n) is 2.61. The number of aromatic amines is 1. The molecule has 5 heteroatoms. The molecule has 3 aromatic rings. The van der Waals surface area contributed by atoms with Gasteiger partial charge in [-0.2, -0.15) is 4.98 Å². The SMILES string of the molecule is Cc1cc2c(-c3cc(Cl)ccc3F)[nH]c(=O)nc2c(C)c1C. The second-order valence-corrected chi connectivity index (χ2v) is 5.82. The van der Waals surface area contributed by atoms with Crippen LogP contribution in [0, 0.1) is 26.6 Å². The number of benzene rings is 2. The Bertz CT molecular complexity index is 963. The van der Waals surface area contributed by atoms with Gasteiger partial charge in [-0.25, -0.2) is 9.18 Å². The molecule has 0 radical (unpaired) electrons. The first kappa shape index (κ1) is 14.7. The largest absolute Gasteiger partial charge is 0.345 e. The third-order valence-electron chi connectivity index (χ3n) is 4.04. The van der Waals surface area contributed by atoms with E-state index in [1.165, 1.54) is 18.2 Å². The van der Waals surface area contributed by atoms with Gasteiger partial charge in [0.15, 0.2) is 0 Å². The number of halogens is 2. The molecular weight excluding hydrogens is 303 g/mol. The maximum atomic E-state index is 14.2. The van der Waals surface area contributed by atoms with Crippen LogP contribution in [0.2, 0.25) is 5.02 Å². The molecule has 0 fully saturated rings. The summed E-state index contributed by atoms with van der Waals surface area (Å²) in [5, 5.41) is 1.11. The van der Waals surface area contributed by atoms with Crippen molar-refractivity contribution in [3.63, 3.8) is 0 Å². The zero-order valence-corrected chi connectivity index (χ0v) is 13.2. The minimum absolute atomic E-state index is 0.264. The summed E-state index contributed by atoms with van der Waals surface area (Å²) in [4.78, 5) is 18.6. The first-order valence-electron chi connectivity index (χ1n) is 6.84. The number of nitrogens with zero attached hydrogens (tertiary/aromatic N) is 1. The van der Waals surface area contributed by atoms with Crippen LogP contribution in [-0.4, -0.2) is 9.97 Å². The number of aryl methyl sites for hydroxylation is 2. The molecule has 1 N–H and O–H groups in total. The van der Waals surface area contributed by atoms with Gasteiger partial charge in [-0.3, -0.25) is 0 Å². The van der Waals surface area contributed by atoms with Gasteiger partial charge in [0, 0.05) is 16.0 Å². The summed E-state index contributed by atoms with van der Waals surface area (Å²) >= 11 is 5.97. The second-order valence-electron chi connectivity index (χ2n) is 5.38. The number of H-pyrrole nitrogens is 1. The molecule has 3 nitrogen and oxygen atoms in total. The first-order valence-corrected chi connectivity index (χ1v) is 7.22. The Morgan fingerprint density at radius 3 is 2.59 bits per heavy atom. The molecule has 0 aliphatic carbocycles. The third kappa shape index (κ3) is 2.29. The maximum Gasteiger partial charge on any atom is 0.345 e. The number of hydrogen-bond donors (Lipinski definition) is 1. The fraction of sp³-hybridized carbons (Fsp3) is 0.176. The minimum Gasteiger partial charge on any atom is -0.305 e. The van der Waals surface area contributed by atoms with Crippen molar-refractivity contribution in [2.45, 2.75) is 20.8 Å². The van der Waals surface area contributed by atoms with Crippen LogP contribution < -0.4 is 5.69 Å². The fourth-order valence-corrected chi connectivity index (χ4v) is 2.78. The van der Waals surface area contributed by atoms with E-state index in [9.17, 15) is 9.18 Å². The molecule has 3 rings (SSSR count). The van der Waals surface area contributed by atoms with Crippen LogP contribution in [0.15, 0.2) is 29.1 Å². The van der Waals surface area contributed by atoms with Gasteiger partial charge in [0.2, 0.25) is 0 Å². The molecule has 0 amide bonds. The molecule has 0 aliphatic rings. The normalized spacial score (nSPS) is 11.1. The van der Waals surface area contributed by atoms with E-state index in [2.05, 4.69) is 9.97 Å². The zero-order chi connectivity index (χ0) is 16.0. The number of rotatable bonds is 1. The molecule has 0 atom stereocenters. The molecule has 1 heterocycles. The second kappa shape index (κ2) is 5.21. The minimum atomic E-state index is -0.506. The van der Waals surface area contributed by atoms with Crippen molar-refractivity contribution in [1.82, 2.24) is 9.97 Å². The quantitative estimate of drug-likeness (QED) is 0.727. The van der Waals surface area contributed by atoms with Crippen LogP contribution in [0.25, 0.3) is 22.2 Å². The van der Waals surface area contributed by atoms with E-state index in [1.54, 1.807) is 0 Å². The lowest BCUT2D eigenvalue weighted by molar-refractivity contribution is 0.631. The maximum absolute atomic E-state index is 14.2. The number of aromatic nitrogens is 2. The molecule has 22 heavy (non-hydrogen) atoms. The van der Waals surface area contributed by atoms with Crippen LogP contribution in [-0.2, 0) is 0 Å². The Morgan fingerprint density at radius 2 is 1.86 bits per heavy atom. The number of hydrogen-bond acceptors (Lipinski definition) is 2. The van der Waals surface area contributed by atoms with E-state index in [0.29, 0.717) is 21.6 Å². The smallest absolute Gasteiger partial charge is 0.305 e. The number of nitrogens with one attached hydrogen (secondary N) is 1. The van der Waals surface area contributed by atoms with Gasteiger partial charge in [0.05, 0.1) is 11.2 Å². The summed E-state index contributed by atoms with van der Waals surface area (Å²) in [6.45, 7) is 5.87. The van der Waals surface area contributed by atoms with Gasteiger partial charge >= 0.3 is 5.69 Å². The van der Waals surface area contributed by atoms with Crippen LogP contribution in [0.3, 0.4) is 0 Å². The number of fused-ring (bicyclic) bond motifs is 1. The van der Waals surface area contributed by atoms with Gasteiger partial charge in [-0.15, -0.1) is 0 Å². The summed E-state index contributed by atoms with van der Waals surface area (Å²) in [7, 11) is 0. The highest BCUT2D eigenvalue weighted by atomic mass is 35.5. The molecule has 0 spiro atoms. The Morgan fingerprint density at radius 1 is 1.14 bits per heavy atom. The molecule has 2 aromatic carbocycles. The lowest BCUT2D eigenvalue weighted by Gasteiger charge is -2.12. The topological polar surface area (TPSA) is 45.8 Å². The van der Waals surface area contributed by atoms with E-state index in [0.717, 1.165) is 16.7 Å². The van der Waals surface area contributed by atoms with Crippen LogP contribution >= 0.6 is 11.6 Å². The van der Waals surface area contributed by atoms with E-state index >= 15 is 0 Å². The molecule has 0 unspecified atom stereocenters. The summed E-state index contributed by atoms with van der Waals surface area (Å²) in [5.74, 6) is -0.441. The molecular formula is C17H14ClFN2O. The highest BCUT2D eigenvalue weighted by Crippen LogP contribution is 2.32. The molecule has 1 aromatic heterocycles. The lowest BCUT2D eigenvalue weighted by Crippen LogP contribution is -2.13. The predicted octanol–water partition coefficient (Wildman–Crippen LogP) is 4.31. The van der Waals surface area contributed by atoms with Gasteiger partial charge in [-0.1, -0.05) is 11.6 Å². The third-order valence-corrected chi connectivity index (χ3v) is 4.27. The Hall–Kier alpha value is -2.20. The van der Waals surface area contributed by atoms with Gasteiger partial charge in [-0.05, 0) is 61.7 Å². The van der Waals surface area contributed by atoms with Gasteiger partial charge < -0.3 is 4.98 Å². The van der Waals surface area contributed by atoms with Crippen molar-refractivity contribution >= 4 is 22.5 Å². The highest BCUT2D eigenvalue weighted by Gasteiger charge is 2.15. The summed E-state index contributed by atoms with van der Waals surface area (Å²) in [6.07, 6.45) is 0. The van der Waals surface area contributed by atoms with Crippen LogP contribution in [0.4, 0.5) is 4.39 Å². The van der Waals surface area contributed by atoms with Crippen molar-refractivity contribution in [3.8, 4) is 11.3 Å². The van der Waals surface area contributed by atoms with Crippen molar-refractivity contribution in [1.29, 1.82) is 0 Å². The van der Waals surface area contributed by atoms with Crippen molar-refractivity contribution in [2.24, 2.45) is 0 Å². The lowest BCUT2D eigenvalue weighted by atomic mass is 9.97. The predicted molar refractivity (Wildman–Crippen MR) is 87.0 cm³/mol. The van der Waals surface area contributed by atoms with Gasteiger partial charge in [0.25, 0.3) is 0 Å². The summed E-state index contributed by atoms with van der Waals surface area (Å²) in [5.41, 5.74) is 3.80. The average Bonchev–Trinajstić information content (AvgIpc) is 2.48. The van der Waals surface area contributed by atoms with E-state index in [4.69, 9.17) is 11.6 Å². The summed E-state index contributed by atoms with van der Waals surface area (Å²) in [6, 6.07) is 6.18. The van der Waals surface area contributed by atoms with Crippen LogP contribution in [0.1, 0.15) is 16.7 Å². The molecule has 0 saturated carbocycles. The Balaban J connectivity index is 2.49. The van der Waals surface area contributed by atoms with E-state index < -0.39 is 11.5 Å². The molecule has 0 saturated heterocycles. The van der Waals surface area contributed by atoms with Gasteiger partial charge in [0.1, 0.15) is 5.82 Å². The average molecular weight is 317 g/mol.